The highest BCUT2D eigenvalue weighted by Gasteiger charge is 2.20. The van der Waals surface area contributed by atoms with Crippen molar-refractivity contribution < 1.29 is 4.42 Å². The van der Waals surface area contributed by atoms with Gasteiger partial charge in [-0.3, -0.25) is 0 Å². The lowest BCUT2D eigenvalue weighted by Crippen LogP contribution is -1.89. The van der Waals surface area contributed by atoms with Crippen molar-refractivity contribution in [2.45, 2.75) is 0 Å². The Morgan fingerprint density at radius 3 is 1.43 bits per heavy atom. The molecule has 14 aromatic rings. The average molecular weight is 771 g/mol. The molecule has 1 aromatic heterocycles. The molecule has 0 spiro atoms. The van der Waals surface area contributed by atoms with Crippen LogP contribution in [0.25, 0.3) is 142 Å². The van der Waals surface area contributed by atoms with Gasteiger partial charge >= 0.3 is 0 Å². The Kier molecular flexibility index (Phi) is 6.62. The number of furan rings is 1. The van der Waals surface area contributed by atoms with Crippen LogP contribution in [-0.2, 0) is 0 Å². The summed E-state index contributed by atoms with van der Waals surface area (Å²) in [5, 5.41) is 20.1. The Morgan fingerprint density at radius 2 is 0.754 bits per heavy atom. The van der Waals surface area contributed by atoms with Crippen LogP contribution in [0.3, 0.4) is 0 Å². The molecule has 0 atom stereocenters. The molecule has 0 unspecified atom stereocenters. The van der Waals surface area contributed by atoms with Gasteiger partial charge in [0.1, 0.15) is 11.2 Å². The van der Waals surface area contributed by atoms with Crippen molar-refractivity contribution in [1.82, 2.24) is 0 Å². The minimum Gasteiger partial charge on any atom is -0.455 e. The molecule has 0 N–H and O–H groups in total. The van der Waals surface area contributed by atoms with Crippen LogP contribution in [0, 0.1) is 0 Å². The van der Waals surface area contributed by atoms with Crippen molar-refractivity contribution in [3.05, 3.63) is 206 Å². The van der Waals surface area contributed by atoms with E-state index in [2.05, 4.69) is 206 Å². The van der Waals surface area contributed by atoms with Gasteiger partial charge in [-0.1, -0.05) is 176 Å². The summed E-state index contributed by atoms with van der Waals surface area (Å²) >= 11 is 0. The quantitative estimate of drug-likeness (QED) is 0.162. The summed E-state index contributed by atoms with van der Waals surface area (Å²) in [6.45, 7) is 0. The summed E-state index contributed by atoms with van der Waals surface area (Å²) in [6, 6.07) is 76.4. The maximum absolute atomic E-state index is 7.04. The van der Waals surface area contributed by atoms with Crippen molar-refractivity contribution in [2.24, 2.45) is 0 Å². The van der Waals surface area contributed by atoms with E-state index in [0.717, 1.165) is 33.1 Å². The van der Waals surface area contributed by atoms with Gasteiger partial charge in [-0.15, -0.1) is 0 Å². The molecule has 0 amide bonds. The van der Waals surface area contributed by atoms with E-state index in [9.17, 15) is 0 Å². The van der Waals surface area contributed by atoms with Crippen LogP contribution in [0.5, 0.6) is 0 Å². The molecule has 14 rings (SSSR count). The number of fused-ring (bicyclic) bond motifs is 4. The predicted octanol–water partition coefficient (Wildman–Crippen LogP) is 17.2. The minimum absolute atomic E-state index is 0.896. The Bertz CT molecular complexity index is 4050. The number of hydrogen-bond donors (Lipinski definition) is 0. The van der Waals surface area contributed by atoms with E-state index in [-0.39, 0.29) is 0 Å². The molecule has 0 radical (unpaired) electrons. The van der Waals surface area contributed by atoms with Crippen molar-refractivity contribution >= 4 is 97.3 Å². The molecule has 1 heterocycles. The lowest BCUT2D eigenvalue weighted by atomic mass is 9.88. The second-order valence-corrected chi connectivity index (χ2v) is 16.8. The Balaban J connectivity index is 0.986. The van der Waals surface area contributed by atoms with E-state index < -0.39 is 0 Å². The van der Waals surface area contributed by atoms with E-state index in [0.29, 0.717) is 0 Å². The summed E-state index contributed by atoms with van der Waals surface area (Å²) < 4.78 is 7.04. The highest BCUT2D eigenvalue weighted by atomic mass is 16.3. The minimum atomic E-state index is 0.896. The zero-order valence-corrected chi connectivity index (χ0v) is 33.0. The molecular formula is C60H34O. The van der Waals surface area contributed by atoms with E-state index in [1.807, 2.05) is 0 Å². The van der Waals surface area contributed by atoms with E-state index in [1.165, 1.54) is 109 Å². The molecule has 0 aliphatic rings. The molecule has 0 fully saturated rings. The van der Waals surface area contributed by atoms with Gasteiger partial charge in [-0.05, 0) is 145 Å². The highest BCUT2D eigenvalue weighted by Crippen LogP contribution is 2.46. The van der Waals surface area contributed by atoms with Crippen molar-refractivity contribution in [3.63, 3.8) is 0 Å². The lowest BCUT2D eigenvalue weighted by Gasteiger charge is -2.16. The third-order valence-electron chi connectivity index (χ3n) is 13.5. The van der Waals surface area contributed by atoms with Gasteiger partial charge in [0.25, 0.3) is 0 Å². The number of benzene rings is 13. The van der Waals surface area contributed by atoms with E-state index in [1.54, 1.807) is 0 Å². The first kappa shape index (κ1) is 32.9. The first-order valence-electron chi connectivity index (χ1n) is 21.1. The molecule has 0 aliphatic heterocycles. The van der Waals surface area contributed by atoms with Gasteiger partial charge < -0.3 is 4.42 Å². The van der Waals surface area contributed by atoms with Crippen molar-refractivity contribution in [2.75, 3.05) is 0 Å². The average Bonchev–Trinajstić information content (AvgIpc) is 3.68. The van der Waals surface area contributed by atoms with Crippen LogP contribution >= 0.6 is 0 Å². The second kappa shape index (κ2) is 12.3. The monoisotopic (exact) mass is 770 g/mol. The van der Waals surface area contributed by atoms with E-state index >= 15 is 0 Å². The van der Waals surface area contributed by atoms with Crippen LogP contribution in [0.4, 0.5) is 0 Å². The molecule has 1 nitrogen and oxygen atoms in total. The van der Waals surface area contributed by atoms with Gasteiger partial charge in [0.15, 0.2) is 0 Å². The molecule has 0 saturated carbocycles. The Labute approximate surface area is 351 Å². The molecule has 0 saturated heterocycles. The van der Waals surface area contributed by atoms with Gasteiger partial charge in [0, 0.05) is 16.3 Å². The third-order valence-corrected chi connectivity index (χ3v) is 13.5. The third kappa shape index (κ3) is 4.78. The van der Waals surface area contributed by atoms with Crippen LogP contribution in [0.15, 0.2) is 211 Å². The smallest absolute Gasteiger partial charge is 0.143 e. The standard InChI is InChI=1S/C60H34O/c1-2-6-35(7-3-1)44-20-21-45-31-52-54-33-47(36-12-14-37(15-13-36)48-26-22-42-18-16-38-8-4-10-40-24-28-50(48)58(42)56(38)40)32-53(60(54)61-55(52)34-46(45)30-44)49-27-23-43-19-17-39-9-5-11-41-25-29-51(49)59(43)57(39)41/h1-34H. The molecule has 0 aliphatic carbocycles. The van der Waals surface area contributed by atoms with Gasteiger partial charge in [0.2, 0.25) is 0 Å². The van der Waals surface area contributed by atoms with Crippen LogP contribution in [0.2, 0.25) is 0 Å². The highest BCUT2D eigenvalue weighted by molar-refractivity contribution is 6.28. The fraction of sp³-hybridized carbons (Fsp3) is 0. The largest absolute Gasteiger partial charge is 0.455 e. The molecule has 0 bridgehead atoms. The zero-order chi connectivity index (χ0) is 39.8. The second-order valence-electron chi connectivity index (χ2n) is 16.8. The van der Waals surface area contributed by atoms with Crippen molar-refractivity contribution in [1.29, 1.82) is 0 Å². The SMILES string of the molecule is c1ccc(-c2ccc3cc4c(cc3c2)oc2c(-c3ccc5ccc6cccc7ccc3c5c67)cc(-c3ccc(-c5ccc6ccc7cccc8ccc5c6c78)cc3)cc24)cc1. The Hall–Kier alpha value is -8.00. The Morgan fingerprint density at radius 1 is 0.230 bits per heavy atom. The van der Waals surface area contributed by atoms with Crippen LogP contribution in [-0.4, -0.2) is 0 Å². The summed E-state index contributed by atoms with van der Waals surface area (Å²) in [7, 11) is 0. The molecular weight excluding hydrogens is 737 g/mol. The number of rotatable bonds is 4. The van der Waals surface area contributed by atoms with Crippen molar-refractivity contribution in [3.8, 4) is 44.5 Å². The maximum atomic E-state index is 7.04. The zero-order valence-electron chi connectivity index (χ0n) is 33.0. The summed E-state index contributed by atoms with van der Waals surface area (Å²) in [5.41, 5.74) is 11.3. The molecule has 1 heteroatoms. The normalized spacial score (nSPS) is 12.3. The van der Waals surface area contributed by atoms with Crippen LogP contribution in [0.1, 0.15) is 0 Å². The summed E-state index contributed by atoms with van der Waals surface area (Å²) in [6.07, 6.45) is 0. The van der Waals surface area contributed by atoms with Gasteiger partial charge in [0.05, 0.1) is 0 Å². The number of hydrogen-bond acceptors (Lipinski definition) is 1. The summed E-state index contributed by atoms with van der Waals surface area (Å²) in [5.74, 6) is 0. The molecule has 61 heavy (non-hydrogen) atoms. The lowest BCUT2D eigenvalue weighted by molar-refractivity contribution is 0.670. The fourth-order valence-electron chi connectivity index (χ4n) is 10.6. The van der Waals surface area contributed by atoms with Gasteiger partial charge in [-0.25, -0.2) is 0 Å². The first-order chi connectivity index (χ1) is 30.2. The maximum Gasteiger partial charge on any atom is 0.143 e. The van der Waals surface area contributed by atoms with E-state index in [4.69, 9.17) is 4.42 Å². The first-order valence-corrected chi connectivity index (χ1v) is 21.1. The topological polar surface area (TPSA) is 13.1 Å². The summed E-state index contributed by atoms with van der Waals surface area (Å²) in [4.78, 5) is 0. The van der Waals surface area contributed by atoms with Crippen LogP contribution < -0.4 is 0 Å². The predicted molar refractivity (Wildman–Crippen MR) is 260 cm³/mol. The molecule has 280 valence electrons. The molecule has 13 aromatic carbocycles. The fourth-order valence-corrected chi connectivity index (χ4v) is 10.6. The van der Waals surface area contributed by atoms with Gasteiger partial charge in [-0.2, -0.15) is 0 Å².